The van der Waals surface area contributed by atoms with Crippen LogP contribution in [0.15, 0.2) is 6.33 Å². The van der Waals surface area contributed by atoms with Crippen LogP contribution in [-0.4, -0.2) is 43.3 Å². The molecule has 1 aromatic heterocycles. The van der Waals surface area contributed by atoms with E-state index in [2.05, 4.69) is 34.0 Å². The summed E-state index contributed by atoms with van der Waals surface area (Å²) in [4.78, 5) is 11.2. The van der Waals surface area contributed by atoms with Crippen molar-refractivity contribution in [2.45, 2.75) is 39.2 Å². The van der Waals surface area contributed by atoms with Crippen LogP contribution in [0.4, 0.5) is 11.6 Å². The number of rotatable bonds is 5. The molecule has 0 aliphatic carbocycles. The molecule has 112 valence electrons. The molecule has 2 heterocycles. The summed E-state index contributed by atoms with van der Waals surface area (Å²) in [5.41, 5.74) is 1.22. The normalized spacial score (nSPS) is 22.9. The zero-order valence-electron chi connectivity index (χ0n) is 13.0. The van der Waals surface area contributed by atoms with Crippen LogP contribution in [0.1, 0.15) is 32.3 Å². The van der Waals surface area contributed by atoms with Crippen LogP contribution in [-0.2, 0) is 11.2 Å². The molecule has 20 heavy (non-hydrogen) atoms. The molecule has 0 amide bonds. The third kappa shape index (κ3) is 3.03. The van der Waals surface area contributed by atoms with Gasteiger partial charge >= 0.3 is 0 Å². The number of aromatic nitrogens is 2. The second-order valence-electron chi connectivity index (χ2n) is 5.51. The van der Waals surface area contributed by atoms with Crippen LogP contribution in [0.25, 0.3) is 0 Å². The molecule has 1 N–H and O–H groups in total. The number of methoxy groups -OCH3 is 1. The van der Waals surface area contributed by atoms with Crippen molar-refractivity contribution in [3.8, 4) is 0 Å². The number of anilines is 2. The highest BCUT2D eigenvalue weighted by atomic mass is 16.5. The second-order valence-corrected chi connectivity index (χ2v) is 5.51. The van der Waals surface area contributed by atoms with Crippen molar-refractivity contribution in [2.75, 3.05) is 37.5 Å². The quantitative estimate of drug-likeness (QED) is 0.896. The Labute approximate surface area is 121 Å². The molecule has 5 nitrogen and oxygen atoms in total. The van der Waals surface area contributed by atoms with Crippen LogP contribution in [0.2, 0.25) is 0 Å². The predicted molar refractivity (Wildman–Crippen MR) is 82.4 cm³/mol. The van der Waals surface area contributed by atoms with Crippen molar-refractivity contribution < 1.29 is 4.74 Å². The van der Waals surface area contributed by atoms with E-state index in [9.17, 15) is 0 Å². The average Bonchev–Trinajstić information content (AvgIpc) is 2.48. The van der Waals surface area contributed by atoms with Crippen LogP contribution in [0, 0.1) is 5.92 Å². The molecule has 1 saturated heterocycles. The highest BCUT2D eigenvalue weighted by Crippen LogP contribution is 2.29. The van der Waals surface area contributed by atoms with Crippen LogP contribution in [0.5, 0.6) is 0 Å². The average molecular weight is 278 g/mol. The molecule has 1 aliphatic rings. The fourth-order valence-electron chi connectivity index (χ4n) is 2.90. The summed E-state index contributed by atoms with van der Waals surface area (Å²) in [6.07, 6.45) is 5.16. The van der Waals surface area contributed by atoms with Gasteiger partial charge in [-0.3, -0.25) is 0 Å². The van der Waals surface area contributed by atoms with Gasteiger partial charge < -0.3 is 15.0 Å². The standard InChI is InChI=1S/C15H26N4O/c1-5-6-12-14(16-3)17-10-18-15(12)19-8-7-11(2)13(9-19)20-4/h10-11,13H,5-9H2,1-4H3,(H,16,17,18). The van der Waals surface area contributed by atoms with Gasteiger partial charge in [0.1, 0.15) is 18.0 Å². The fraction of sp³-hybridized carbons (Fsp3) is 0.733. The molecule has 2 atom stereocenters. The minimum atomic E-state index is 0.284. The Balaban J connectivity index is 2.27. The summed E-state index contributed by atoms with van der Waals surface area (Å²) in [5.74, 6) is 2.63. The first-order valence-electron chi connectivity index (χ1n) is 7.50. The van der Waals surface area contributed by atoms with E-state index in [1.54, 1.807) is 13.4 Å². The van der Waals surface area contributed by atoms with Gasteiger partial charge in [0.2, 0.25) is 0 Å². The van der Waals surface area contributed by atoms with Crippen molar-refractivity contribution in [3.63, 3.8) is 0 Å². The van der Waals surface area contributed by atoms with Gasteiger partial charge in [0.05, 0.1) is 6.10 Å². The number of nitrogens with zero attached hydrogens (tertiary/aromatic N) is 3. The summed E-state index contributed by atoms with van der Waals surface area (Å²) < 4.78 is 5.61. The van der Waals surface area contributed by atoms with E-state index < -0.39 is 0 Å². The van der Waals surface area contributed by atoms with E-state index in [-0.39, 0.29) is 6.10 Å². The number of ether oxygens (including phenoxy) is 1. The first kappa shape index (κ1) is 15.0. The highest BCUT2D eigenvalue weighted by molar-refractivity contribution is 5.59. The minimum Gasteiger partial charge on any atom is -0.379 e. The molecule has 0 spiro atoms. The Morgan fingerprint density at radius 1 is 1.45 bits per heavy atom. The molecule has 2 unspecified atom stereocenters. The SMILES string of the molecule is CCCc1c(NC)ncnc1N1CCC(C)C(OC)C1. The van der Waals surface area contributed by atoms with Crippen molar-refractivity contribution in [1.29, 1.82) is 0 Å². The molecular formula is C15H26N4O. The summed E-state index contributed by atoms with van der Waals surface area (Å²) in [6.45, 7) is 6.40. The zero-order valence-corrected chi connectivity index (χ0v) is 13.0. The molecule has 0 aromatic carbocycles. The first-order valence-corrected chi connectivity index (χ1v) is 7.50. The van der Waals surface area contributed by atoms with Gasteiger partial charge in [0.15, 0.2) is 0 Å². The Kier molecular flexibility index (Phi) is 5.17. The van der Waals surface area contributed by atoms with Crippen molar-refractivity contribution >= 4 is 11.6 Å². The maximum absolute atomic E-state index is 5.61. The molecule has 5 heteroatoms. The van der Waals surface area contributed by atoms with E-state index in [0.29, 0.717) is 5.92 Å². The van der Waals surface area contributed by atoms with Gasteiger partial charge in [-0.2, -0.15) is 0 Å². The minimum absolute atomic E-state index is 0.284. The van der Waals surface area contributed by atoms with Crippen LogP contribution < -0.4 is 10.2 Å². The number of nitrogens with one attached hydrogen (secondary N) is 1. The van der Waals surface area contributed by atoms with E-state index in [1.165, 1.54) is 5.56 Å². The summed E-state index contributed by atoms with van der Waals surface area (Å²) >= 11 is 0. The smallest absolute Gasteiger partial charge is 0.137 e. The topological polar surface area (TPSA) is 50.3 Å². The van der Waals surface area contributed by atoms with Gasteiger partial charge in [0, 0.05) is 32.8 Å². The summed E-state index contributed by atoms with van der Waals surface area (Å²) in [7, 11) is 3.72. The van der Waals surface area contributed by atoms with Crippen molar-refractivity contribution in [1.82, 2.24) is 9.97 Å². The lowest BCUT2D eigenvalue weighted by Crippen LogP contribution is -2.44. The molecular weight excluding hydrogens is 252 g/mol. The summed E-state index contributed by atoms with van der Waals surface area (Å²) in [6, 6.07) is 0. The molecule has 1 aromatic rings. The third-order valence-corrected chi connectivity index (χ3v) is 4.15. The van der Waals surface area contributed by atoms with E-state index in [1.807, 2.05) is 7.05 Å². The van der Waals surface area contributed by atoms with Gasteiger partial charge in [-0.15, -0.1) is 0 Å². The molecule has 1 aliphatic heterocycles. The monoisotopic (exact) mass is 278 g/mol. The molecule has 0 saturated carbocycles. The van der Waals surface area contributed by atoms with Crippen molar-refractivity contribution in [2.24, 2.45) is 5.92 Å². The number of piperidine rings is 1. The Bertz CT molecular complexity index is 438. The number of hydrogen-bond acceptors (Lipinski definition) is 5. The maximum Gasteiger partial charge on any atom is 0.137 e. The van der Waals surface area contributed by atoms with E-state index in [4.69, 9.17) is 4.74 Å². The van der Waals surface area contributed by atoms with E-state index >= 15 is 0 Å². The Morgan fingerprint density at radius 2 is 2.25 bits per heavy atom. The fourth-order valence-corrected chi connectivity index (χ4v) is 2.90. The van der Waals surface area contributed by atoms with Gasteiger partial charge in [-0.1, -0.05) is 20.3 Å². The lowest BCUT2D eigenvalue weighted by atomic mass is 9.95. The lowest BCUT2D eigenvalue weighted by Gasteiger charge is -2.37. The maximum atomic E-state index is 5.61. The van der Waals surface area contributed by atoms with E-state index in [0.717, 1.165) is 44.0 Å². The highest BCUT2D eigenvalue weighted by Gasteiger charge is 2.28. The number of hydrogen-bond donors (Lipinski definition) is 1. The second kappa shape index (κ2) is 6.88. The van der Waals surface area contributed by atoms with Gasteiger partial charge in [0.25, 0.3) is 0 Å². The summed E-state index contributed by atoms with van der Waals surface area (Å²) in [5, 5.41) is 3.18. The first-order chi connectivity index (χ1) is 9.71. The molecule has 2 rings (SSSR count). The predicted octanol–water partition coefficient (Wildman–Crippen LogP) is 2.33. The lowest BCUT2D eigenvalue weighted by molar-refractivity contribution is 0.0496. The third-order valence-electron chi connectivity index (χ3n) is 4.15. The van der Waals surface area contributed by atoms with Gasteiger partial charge in [-0.25, -0.2) is 9.97 Å². The molecule has 1 fully saturated rings. The van der Waals surface area contributed by atoms with Crippen molar-refractivity contribution in [3.05, 3.63) is 11.9 Å². The van der Waals surface area contributed by atoms with Crippen LogP contribution in [0.3, 0.4) is 0 Å². The van der Waals surface area contributed by atoms with Crippen LogP contribution >= 0.6 is 0 Å². The Hall–Kier alpha value is -1.36. The zero-order chi connectivity index (χ0) is 14.5. The Morgan fingerprint density at radius 3 is 2.90 bits per heavy atom. The molecule has 0 radical (unpaired) electrons. The van der Waals surface area contributed by atoms with Gasteiger partial charge in [-0.05, 0) is 18.8 Å². The molecule has 0 bridgehead atoms. The largest absolute Gasteiger partial charge is 0.379 e.